The predicted molar refractivity (Wildman–Crippen MR) is 158 cm³/mol. The molecular weight excluding hydrogens is 556 g/mol. The highest BCUT2D eigenvalue weighted by molar-refractivity contribution is 5.81. The van der Waals surface area contributed by atoms with Crippen molar-refractivity contribution >= 4 is 11.9 Å². The van der Waals surface area contributed by atoms with Gasteiger partial charge in [-0.3, -0.25) is 9.59 Å². The number of phenolic OH excluding ortho intramolecular Hbond substituents is 1. The zero-order valence-corrected chi connectivity index (χ0v) is 24.8. The molecule has 6 N–H and O–H groups in total. The molecule has 1 fully saturated rings. The quantitative estimate of drug-likeness (QED) is 0.150. The Morgan fingerprint density at radius 1 is 0.930 bits per heavy atom. The largest absolute Gasteiger partial charge is 0.502 e. The number of ether oxygens (including phenoxy) is 5. The fourth-order valence-electron chi connectivity index (χ4n) is 6.27. The molecule has 0 saturated carbocycles. The van der Waals surface area contributed by atoms with Gasteiger partial charge in [-0.25, -0.2) is 0 Å². The van der Waals surface area contributed by atoms with E-state index in [1.54, 1.807) is 12.1 Å². The summed E-state index contributed by atoms with van der Waals surface area (Å²) in [6.07, 6.45) is 3.34. The van der Waals surface area contributed by atoms with E-state index in [2.05, 4.69) is 16.0 Å². The Balaban J connectivity index is 1.34. The van der Waals surface area contributed by atoms with Crippen LogP contribution in [0.5, 0.6) is 28.7 Å². The normalized spacial score (nSPS) is 21.6. The number of phenols is 1. The number of carbonyl (C=O) groups excluding carboxylic acids is 2. The number of nitrogens with two attached hydrogens (primary N) is 1. The van der Waals surface area contributed by atoms with E-state index in [1.807, 2.05) is 12.1 Å². The van der Waals surface area contributed by atoms with Crippen molar-refractivity contribution in [2.24, 2.45) is 17.6 Å². The Kier molecular flexibility index (Phi) is 10.1. The summed E-state index contributed by atoms with van der Waals surface area (Å²) in [4.78, 5) is 26.5. The summed E-state index contributed by atoms with van der Waals surface area (Å²) < 4.78 is 27.8. The molecule has 12 heteroatoms. The average Bonchev–Trinajstić information content (AvgIpc) is 3.63. The summed E-state index contributed by atoms with van der Waals surface area (Å²) in [7, 11) is 2.92. The Hall–Kier alpha value is -3.74. The molecule has 1 amide bonds. The highest BCUT2D eigenvalue weighted by Crippen LogP contribution is 2.55. The molecule has 4 atom stereocenters. The molecule has 1 aliphatic carbocycles. The molecule has 2 aromatic carbocycles. The number of unbranched alkanes of at least 4 members (excludes halogenated alkanes) is 1. The first-order valence-electron chi connectivity index (χ1n) is 14.9. The van der Waals surface area contributed by atoms with E-state index >= 15 is 0 Å². The number of nitrogens with one attached hydrogen (secondary N) is 3. The molecule has 5 rings (SSSR count). The van der Waals surface area contributed by atoms with Gasteiger partial charge < -0.3 is 50.5 Å². The van der Waals surface area contributed by atoms with Gasteiger partial charge in [-0.15, -0.1) is 0 Å². The number of hydrogen-bond acceptors (Lipinski definition) is 11. The van der Waals surface area contributed by atoms with Crippen LogP contribution in [0, 0.1) is 11.8 Å². The number of hydrogen-bond donors (Lipinski definition) is 5. The van der Waals surface area contributed by atoms with Gasteiger partial charge >= 0.3 is 5.97 Å². The number of methoxy groups -OCH3 is 2. The maximum atomic E-state index is 13.3. The van der Waals surface area contributed by atoms with E-state index < -0.39 is 17.9 Å². The lowest BCUT2D eigenvalue weighted by Crippen LogP contribution is -2.43. The van der Waals surface area contributed by atoms with Crippen molar-refractivity contribution in [2.75, 3.05) is 60.3 Å². The van der Waals surface area contributed by atoms with E-state index in [0.29, 0.717) is 36.6 Å². The number of amides is 1. The molecule has 2 aromatic rings. The predicted octanol–water partition coefficient (Wildman–Crippen LogP) is 1.93. The van der Waals surface area contributed by atoms with Crippen molar-refractivity contribution in [2.45, 2.75) is 37.6 Å². The number of benzene rings is 2. The molecule has 2 heterocycles. The summed E-state index contributed by atoms with van der Waals surface area (Å²) in [6.45, 7) is 4.22. The average molecular weight is 599 g/mol. The number of aromatic hydroxyl groups is 1. The minimum Gasteiger partial charge on any atom is -0.502 e. The molecule has 0 radical (unpaired) electrons. The molecule has 43 heavy (non-hydrogen) atoms. The Morgan fingerprint density at radius 2 is 1.56 bits per heavy atom. The molecule has 1 unspecified atom stereocenters. The number of carbonyl (C=O) groups is 2. The number of rotatable bonds is 15. The van der Waals surface area contributed by atoms with Crippen LogP contribution in [0.3, 0.4) is 0 Å². The molecule has 12 nitrogen and oxygen atoms in total. The van der Waals surface area contributed by atoms with Gasteiger partial charge in [0.25, 0.3) is 0 Å². The van der Waals surface area contributed by atoms with Crippen LogP contribution in [0.1, 0.15) is 54.3 Å². The minimum atomic E-state index is -0.589. The molecule has 3 aliphatic rings. The Labute approximate surface area is 251 Å². The Morgan fingerprint density at radius 3 is 2.21 bits per heavy atom. The van der Waals surface area contributed by atoms with Crippen LogP contribution in [0.2, 0.25) is 0 Å². The highest BCUT2D eigenvalue weighted by atomic mass is 16.7. The summed E-state index contributed by atoms with van der Waals surface area (Å²) >= 11 is 0. The first kappa shape index (κ1) is 30.7. The van der Waals surface area contributed by atoms with Crippen LogP contribution in [0.15, 0.2) is 24.3 Å². The summed E-state index contributed by atoms with van der Waals surface area (Å²) in [5.74, 6) is -0.358. The first-order valence-corrected chi connectivity index (χ1v) is 14.9. The van der Waals surface area contributed by atoms with Crippen molar-refractivity contribution in [3.63, 3.8) is 0 Å². The maximum Gasteiger partial charge on any atom is 0.310 e. The van der Waals surface area contributed by atoms with Crippen LogP contribution in [-0.4, -0.2) is 77.3 Å². The van der Waals surface area contributed by atoms with Crippen LogP contribution in [0.25, 0.3) is 0 Å². The molecule has 0 aromatic heterocycles. The van der Waals surface area contributed by atoms with Crippen LogP contribution >= 0.6 is 0 Å². The lowest BCUT2D eigenvalue weighted by atomic mass is 9.65. The zero-order valence-electron chi connectivity index (χ0n) is 24.8. The summed E-state index contributed by atoms with van der Waals surface area (Å²) in [5.41, 5.74) is 7.86. The van der Waals surface area contributed by atoms with Crippen molar-refractivity contribution in [1.29, 1.82) is 0 Å². The zero-order chi connectivity index (χ0) is 30.3. The second-order valence-electron chi connectivity index (χ2n) is 11.1. The third kappa shape index (κ3) is 6.61. The van der Waals surface area contributed by atoms with E-state index in [1.165, 1.54) is 14.2 Å². The smallest absolute Gasteiger partial charge is 0.310 e. The third-order valence-corrected chi connectivity index (χ3v) is 8.41. The lowest BCUT2D eigenvalue weighted by molar-refractivity contribution is -0.141. The van der Waals surface area contributed by atoms with Gasteiger partial charge in [0.05, 0.1) is 32.8 Å². The summed E-state index contributed by atoms with van der Waals surface area (Å²) in [6, 6.07) is 6.72. The van der Waals surface area contributed by atoms with Crippen molar-refractivity contribution < 1.29 is 38.4 Å². The van der Waals surface area contributed by atoms with Crippen molar-refractivity contribution in [1.82, 2.24) is 16.0 Å². The summed E-state index contributed by atoms with van der Waals surface area (Å²) in [5, 5.41) is 20.5. The molecule has 234 valence electrons. The van der Waals surface area contributed by atoms with Crippen LogP contribution in [0.4, 0.5) is 0 Å². The Bertz CT molecular complexity index is 1280. The number of esters is 1. The van der Waals surface area contributed by atoms with Gasteiger partial charge in [0, 0.05) is 24.8 Å². The van der Waals surface area contributed by atoms with Crippen LogP contribution < -0.4 is 40.6 Å². The fourth-order valence-corrected chi connectivity index (χ4v) is 6.27. The van der Waals surface area contributed by atoms with Gasteiger partial charge in [-0.1, -0.05) is 0 Å². The molecular formula is C31H42N4O8. The van der Waals surface area contributed by atoms with Gasteiger partial charge in [-0.05, 0) is 86.4 Å². The van der Waals surface area contributed by atoms with E-state index in [4.69, 9.17) is 29.4 Å². The monoisotopic (exact) mass is 598 g/mol. The van der Waals surface area contributed by atoms with Gasteiger partial charge in [0.1, 0.15) is 0 Å². The van der Waals surface area contributed by atoms with Crippen LogP contribution in [-0.2, 0) is 14.3 Å². The standard InChI is InChI=1S/C31H42N4O8/c1-39-24-12-18(13-25(40-2)30(24)37)27-19-14-22-23(43-17-42-22)15-20(19)29(21-16-41-31(38)28(21)27)35-26(36)6-11-34-9-4-3-8-33-10-5-7-32/h12-15,21,27-29,33-34,37H,3-11,16-17,32H2,1-2H3,(H,35,36)/t21-,27?,28-,29+/m0/s1. The topological polar surface area (TPSA) is 163 Å². The van der Waals surface area contributed by atoms with Gasteiger partial charge in [-0.2, -0.15) is 0 Å². The lowest BCUT2D eigenvalue weighted by Gasteiger charge is -2.39. The SMILES string of the molecule is COc1cc(C2c3cc4c(cc3[C@@H](NC(=O)CCNCCCCNCCCN)[C@H]3COC(=O)[C@H]23)OCO4)cc(OC)c1O. The van der Waals surface area contributed by atoms with Gasteiger partial charge in [0.2, 0.25) is 18.4 Å². The second kappa shape index (κ2) is 14.2. The number of fused-ring (bicyclic) bond motifs is 3. The highest BCUT2D eigenvalue weighted by Gasteiger charge is 2.53. The number of cyclic esters (lactones) is 1. The van der Waals surface area contributed by atoms with E-state index in [9.17, 15) is 14.7 Å². The molecule has 0 bridgehead atoms. The minimum absolute atomic E-state index is 0.0884. The maximum absolute atomic E-state index is 13.3. The van der Waals surface area contributed by atoms with E-state index in [0.717, 1.165) is 50.0 Å². The van der Waals surface area contributed by atoms with Crippen molar-refractivity contribution in [3.8, 4) is 28.7 Å². The molecule has 2 aliphatic heterocycles. The van der Waals surface area contributed by atoms with E-state index in [-0.39, 0.29) is 48.4 Å². The van der Waals surface area contributed by atoms with Gasteiger partial charge in [0.15, 0.2) is 23.0 Å². The first-order chi connectivity index (χ1) is 21.0. The van der Waals surface area contributed by atoms with Crippen molar-refractivity contribution in [3.05, 3.63) is 41.0 Å². The molecule has 1 saturated heterocycles. The molecule has 0 spiro atoms. The second-order valence-corrected chi connectivity index (χ2v) is 11.1. The third-order valence-electron chi connectivity index (χ3n) is 8.41. The fraction of sp³-hybridized carbons (Fsp3) is 0.548.